The summed E-state index contributed by atoms with van der Waals surface area (Å²) in [6.45, 7) is 1.89. The van der Waals surface area contributed by atoms with E-state index in [9.17, 15) is 8.78 Å². The summed E-state index contributed by atoms with van der Waals surface area (Å²) in [5.74, 6) is -0.624. The summed E-state index contributed by atoms with van der Waals surface area (Å²) in [6.07, 6.45) is -0.457. The van der Waals surface area contributed by atoms with Gasteiger partial charge in [0.05, 0.1) is 0 Å². The Hall–Kier alpha value is -0.960. The third kappa shape index (κ3) is 2.77. The lowest BCUT2D eigenvalue weighted by Gasteiger charge is -2.17. The van der Waals surface area contributed by atoms with Gasteiger partial charge in [-0.2, -0.15) is 0 Å². The van der Waals surface area contributed by atoms with Crippen LogP contribution in [0.4, 0.5) is 8.78 Å². The minimum atomic E-state index is -1.000. The van der Waals surface area contributed by atoms with Crippen LogP contribution in [0.1, 0.15) is 24.8 Å². The summed E-state index contributed by atoms with van der Waals surface area (Å²) in [4.78, 5) is 0. The Morgan fingerprint density at radius 3 is 2.64 bits per heavy atom. The summed E-state index contributed by atoms with van der Waals surface area (Å²) in [5.41, 5.74) is 6.07. The van der Waals surface area contributed by atoms with Crippen LogP contribution in [0.25, 0.3) is 0 Å². The van der Waals surface area contributed by atoms with Crippen molar-refractivity contribution in [2.75, 3.05) is 6.54 Å². The quantitative estimate of drug-likeness (QED) is 0.792. The number of halogens is 2. The number of hydrogen-bond donors (Lipinski definition) is 1. The zero-order valence-corrected chi connectivity index (χ0v) is 8.21. The van der Waals surface area contributed by atoms with Crippen molar-refractivity contribution in [3.63, 3.8) is 0 Å². The predicted octanol–water partition coefficient (Wildman–Crippen LogP) is 2.62. The van der Waals surface area contributed by atoms with Crippen LogP contribution in [0.3, 0.4) is 0 Å². The van der Waals surface area contributed by atoms with Crippen molar-refractivity contribution in [2.24, 2.45) is 5.73 Å². The number of hydrogen-bond acceptors (Lipinski definition) is 1. The van der Waals surface area contributed by atoms with Crippen molar-refractivity contribution in [3.05, 3.63) is 35.6 Å². The molecule has 3 heteroatoms. The molecule has 1 aromatic rings. The van der Waals surface area contributed by atoms with Crippen molar-refractivity contribution < 1.29 is 8.78 Å². The summed E-state index contributed by atoms with van der Waals surface area (Å²) in [6, 6.07) is 6.05. The molecule has 0 heterocycles. The zero-order valence-electron chi connectivity index (χ0n) is 8.21. The maximum Gasteiger partial charge on any atom is 0.123 e. The molecular weight excluding hydrogens is 184 g/mol. The van der Waals surface area contributed by atoms with E-state index in [1.54, 1.807) is 12.1 Å². The zero-order chi connectivity index (χ0) is 10.6. The highest BCUT2D eigenvalue weighted by Crippen LogP contribution is 2.25. The highest BCUT2D eigenvalue weighted by atomic mass is 19.1. The second-order valence-electron chi connectivity index (χ2n) is 3.42. The Morgan fingerprint density at radius 2 is 2.14 bits per heavy atom. The second kappa shape index (κ2) is 5.05. The van der Waals surface area contributed by atoms with E-state index in [0.717, 1.165) is 0 Å². The molecule has 0 amide bonds. The number of rotatable bonds is 4. The Labute approximate surface area is 82.9 Å². The van der Waals surface area contributed by atoms with Gasteiger partial charge in [-0.15, -0.1) is 0 Å². The van der Waals surface area contributed by atoms with Gasteiger partial charge in [0.25, 0.3) is 0 Å². The molecule has 1 rings (SSSR count). The van der Waals surface area contributed by atoms with E-state index in [1.165, 1.54) is 19.1 Å². The highest BCUT2D eigenvalue weighted by molar-refractivity contribution is 5.21. The molecule has 0 aliphatic rings. The Bertz CT molecular complexity index is 286. The lowest BCUT2D eigenvalue weighted by Crippen LogP contribution is -2.15. The first-order chi connectivity index (χ1) is 6.65. The molecular formula is C11H15F2N. The average Bonchev–Trinajstić information content (AvgIpc) is 2.13. The molecule has 0 radical (unpaired) electrons. The number of nitrogens with two attached hydrogens (primary N) is 1. The molecule has 78 valence electrons. The van der Waals surface area contributed by atoms with Gasteiger partial charge in [-0.1, -0.05) is 12.1 Å². The standard InChI is InChI=1S/C11H15F2N/c1-8(12)11(5-6-14)9-3-2-4-10(13)7-9/h2-4,7-8,11H,5-6,14H2,1H3. The molecule has 2 atom stereocenters. The predicted molar refractivity (Wildman–Crippen MR) is 53.4 cm³/mol. The minimum absolute atomic E-state index is 0.296. The first kappa shape index (κ1) is 11.1. The van der Waals surface area contributed by atoms with Gasteiger partial charge in [-0.3, -0.25) is 0 Å². The SMILES string of the molecule is CC(F)C(CCN)c1cccc(F)c1. The molecule has 2 N–H and O–H groups in total. The first-order valence-electron chi connectivity index (χ1n) is 4.74. The van der Waals surface area contributed by atoms with Crippen molar-refractivity contribution in [1.29, 1.82) is 0 Å². The Balaban J connectivity index is 2.87. The van der Waals surface area contributed by atoms with Gasteiger partial charge < -0.3 is 5.73 Å². The summed E-state index contributed by atoms with van der Waals surface area (Å²) in [7, 11) is 0. The van der Waals surface area contributed by atoms with Crippen molar-refractivity contribution in [2.45, 2.75) is 25.4 Å². The van der Waals surface area contributed by atoms with Gasteiger partial charge in [0.15, 0.2) is 0 Å². The first-order valence-corrected chi connectivity index (χ1v) is 4.74. The average molecular weight is 199 g/mol. The highest BCUT2D eigenvalue weighted by Gasteiger charge is 2.18. The van der Waals surface area contributed by atoms with Crippen LogP contribution in [-0.4, -0.2) is 12.7 Å². The largest absolute Gasteiger partial charge is 0.330 e. The van der Waals surface area contributed by atoms with E-state index in [1.807, 2.05) is 0 Å². The Morgan fingerprint density at radius 1 is 1.43 bits per heavy atom. The summed E-state index contributed by atoms with van der Waals surface area (Å²) in [5, 5.41) is 0. The molecule has 0 saturated heterocycles. The fraction of sp³-hybridized carbons (Fsp3) is 0.455. The van der Waals surface area contributed by atoms with E-state index in [2.05, 4.69) is 0 Å². The minimum Gasteiger partial charge on any atom is -0.330 e. The fourth-order valence-electron chi connectivity index (χ4n) is 1.58. The van der Waals surface area contributed by atoms with E-state index in [0.29, 0.717) is 18.5 Å². The van der Waals surface area contributed by atoms with Crippen molar-refractivity contribution in [1.82, 2.24) is 0 Å². The Kier molecular flexibility index (Phi) is 4.01. The van der Waals surface area contributed by atoms with Crippen LogP contribution in [0.15, 0.2) is 24.3 Å². The molecule has 0 saturated carbocycles. The lowest BCUT2D eigenvalue weighted by molar-refractivity contribution is 0.296. The molecule has 0 aromatic heterocycles. The van der Waals surface area contributed by atoms with Crippen LogP contribution in [-0.2, 0) is 0 Å². The molecule has 0 spiro atoms. The van der Waals surface area contributed by atoms with Gasteiger partial charge in [0.1, 0.15) is 12.0 Å². The smallest absolute Gasteiger partial charge is 0.123 e. The fourth-order valence-corrected chi connectivity index (χ4v) is 1.58. The maximum atomic E-state index is 13.2. The normalized spacial score (nSPS) is 15.1. The third-order valence-corrected chi connectivity index (χ3v) is 2.31. The molecule has 0 fully saturated rings. The number of alkyl halides is 1. The van der Waals surface area contributed by atoms with E-state index < -0.39 is 6.17 Å². The molecule has 0 bridgehead atoms. The summed E-state index contributed by atoms with van der Waals surface area (Å²) < 4.78 is 26.1. The van der Waals surface area contributed by atoms with E-state index >= 15 is 0 Å². The molecule has 1 aromatic carbocycles. The van der Waals surface area contributed by atoms with Crippen LogP contribution in [0, 0.1) is 5.82 Å². The van der Waals surface area contributed by atoms with Gasteiger partial charge in [0, 0.05) is 5.92 Å². The molecule has 1 nitrogen and oxygen atoms in total. The van der Waals surface area contributed by atoms with Crippen molar-refractivity contribution >= 4 is 0 Å². The van der Waals surface area contributed by atoms with E-state index in [-0.39, 0.29) is 11.7 Å². The van der Waals surface area contributed by atoms with Crippen LogP contribution >= 0.6 is 0 Å². The van der Waals surface area contributed by atoms with E-state index in [4.69, 9.17) is 5.73 Å². The van der Waals surface area contributed by atoms with Crippen LogP contribution < -0.4 is 5.73 Å². The van der Waals surface area contributed by atoms with Gasteiger partial charge in [-0.25, -0.2) is 8.78 Å². The van der Waals surface area contributed by atoms with Gasteiger partial charge in [-0.05, 0) is 37.6 Å². The van der Waals surface area contributed by atoms with Crippen LogP contribution in [0.5, 0.6) is 0 Å². The third-order valence-electron chi connectivity index (χ3n) is 2.31. The lowest BCUT2D eigenvalue weighted by atomic mass is 9.92. The van der Waals surface area contributed by atoms with Gasteiger partial charge >= 0.3 is 0 Å². The van der Waals surface area contributed by atoms with Crippen molar-refractivity contribution in [3.8, 4) is 0 Å². The summed E-state index contributed by atoms with van der Waals surface area (Å²) >= 11 is 0. The maximum absolute atomic E-state index is 13.2. The van der Waals surface area contributed by atoms with Crippen LogP contribution in [0.2, 0.25) is 0 Å². The van der Waals surface area contributed by atoms with Gasteiger partial charge in [0.2, 0.25) is 0 Å². The molecule has 2 unspecified atom stereocenters. The molecule has 14 heavy (non-hydrogen) atoms. The molecule has 0 aliphatic heterocycles. The monoisotopic (exact) mass is 199 g/mol. The number of benzene rings is 1. The topological polar surface area (TPSA) is 26.0 Å². The molecule has 0 aliphatic carbocycles. The second-order valence-corrected chi connectivity index (χ2v) is 3.42.